The number of nitrogens with one attached hydrogen (secondary N) is 1. The Labute approximate surface area is 167 Å². The Morgan fingerprint density at radius 2 is 1.66 bits per heavy atom. The minimum absolute atomic E-state index is 0.107. The second-order valence-corrected chi connectivity index (χ2v) is 7.77. The zero-order valence-corrected chi connectivity index (χ0v) is 16.2. The molecule has 0 bridgehead atoms. The van der Waals surface area contributed by atoms with Crippen LogP contribution in [-0.2, 0) is 10.0 Å². The van der Waals surface area contributed by atoms with E-state index in [4.69, 9.17) is 4.74 Å². The average molecular weight is 412 g/mol. The maximum Gasteiger partial charge on any atom is 0.346 e. The van der Waals surface area contributed by atoms with Gasteiger partial charge in [-0.05, 0) is 61.0 Å². The summed E-state index contributed by atoms with van der Waals surface area (Å²) in [5.41, 5.74) is 1.36. The minimum Gasteiger partial charge on any atom is -0.423 e. The summed E-state index contributed by atoms with van der Waals surface area (Å²) in [5.74, 6) is -1.26. The van der Waals surface area contributed by atoms with E-state index in [0.717, 1.165) is 5.56 Å². The highest BCUT2D eigenvalue weighted by molar-refractivity contribution is 7.89. The lowest BCUT2D eigenvalue weighted by atomic mass is 10.2. The smallest absolute Gasteiger partial charge is 0.346 e. The van der Waals surface area contributed by atoms with Gasteiger partial charge in [-0.3, -0.25) is 0 Å². The second kappa shape index (κ2) is 8.66. The van der Waals surface area contributed by atoms with Gasteiger partial charge in [0, 0.05) is 0 Å². The van der Waals surface area contributed by atoms with E-state index in [1.807, 2.05) is 6.92 Å². The molecule has 0 unspecified atom stereocenters. The molecule has 0 fully saturated rings. The molecule has 0 atom stereocenters. The highest BCUT2D eigenvalue weighted by Crippen LogP contribution is 2.15. The van der Waals surface area contributed by atoms with Gasteiger partial charge in [0.1, 0.15) is 11.6 Å². The number of sulfonamides is 1. The molecule has 0 saturated carbocycles. The van der Waals surface area contributed by atoms with Crippen LogP contribution in [0.4, 0.5) is 4.39 Å². The van der Waals surface area contributed by atoms with Crippen LogP contribution in [0, 0.1) is 12.7 Å². The lowest BCUT2D eigenvalue weighted by Gasteiger charge is -2.05. The van der Waals surface area contributed by atoms with Gasteiger partial charge in [-0.1, -0.05) is 29.8 Å². The standard InChI is InChI=1S/C21H17FN2O4S/c1-15-6-12-18(13-7-15)29(26,27)24-23-14-16-8-10-17(11-9-16)28-21(25)19-4-2-3-5-20(19)22/h2-14,24H,1H3/b23-14+. The first-order chi connectivity index (χ1) is 13.8. The van der Waals surface area contributed by atoms with Gasteiger partial charge in [-0.2, -0.15) is 13.5 Å². The van der Waals surface area contributed by atoms with Gasteiger partial charge < -0.3 is 4.74 Å². The monoisotopic (exact) mass is 412 g/mol. The van der Waals surface area contributed by atoms with Crippen LogP contribution in [-0.4, -0.2) is 20.6 Å². The average Bonchev–Trinajstić information content (AvgIpc) is 2.70. The van der Waals surface area contributed by atoms with Gasteiger partial charge in [0.05, 0.1) is 16.7 Å². The molecule has 6 nitrogen and oxygen atoms in total. The molecule has 3 aromatic rings. The van der Waals surface area contributed by atoms with Crippen molar-refractivity contribution >= 4 is 22.2 Å². The highest BCUT2D eigenvalue weighted by Gasteiger charge is 2.13. The molecular weight excluding hydrogens is 395 g/mol. The molecule has 29 heavy (non-hydrogen) atoms. The van der Waals surface area contributed by atoms with Crippen molar-refractivity contribution in [1.82, 2.24) is 4.83 Å². The number of hydrogen-bond acceptors (Lipinski definition) is 5. The number of rotatable bonds is 6. The third-order valence-electron chi connectivity index (χ3n) is 3.90. The SMILES string of the molecule is Cc1ccc(S(=O)(=O)N/N=C/c2ccc(OC(=O)c3ccccc3F)cc2)cc1. The second-order valence-electron chi connectivity index (χ2n) is 6.10. The summed E-state index contributed by atoms with van der Waals surface area (Å²) in [4.78, 5) is 14.2. The Hall–Kier alpha value is -3.52. The van der Waals surface area contributed by atoms with Crippen molar-refractivity contribution in [3.05, 3.63) is 95.3 Å². The van der Waals surface area contributed by atoms with Crippen molar-refractivity contribution in [2.75, 3.05) is 0 Å². The fourth-order valence-electron chi connectivity index (χ4n) is 2.35. The quantitative estimate of drug-likeness (QED) is 0.290. The first kappa shape index (κ1) is 20.2. The number of hydrazone groups is 1. The zero-order chi connectivity index (χ0) is 20.9. The molecular formula is C21H17FN2O4S. The van der Waals surface area contributed by atoms with E-state index in [2.05, 4.69) is 9.93 Å². The van der Waals surface area contributed by atoms with Crippen LogP contribution in [0.5, 0.6) is 5.75 Å². The van der Waals surface area contributed by atoms with E-state index in [-0.39, 0.29) is 16.2 Å². The Morgan fingerprint density at radius 1 is 1.00 bits per heavy atom. The van der Waals surface area contributed by atoms with Crippen molar-refractivity contribution in [3.63, 3.8) is 0 Å². The molecule has 0 amide bonds. The fraction of sp³-hybridized carbons (Fsp3) is 0.0476. The topological polar surface area (TPSA) is 84.8 Å². The van der Waals surface area contributed by atoms with Crippen molar-refractivity contribution in [2.45, 2.75) is 11.8 Å². The zero-order valence-electron chi connectivity index (χ0n) is 15.4. The van der Waals surface area contributed by atoms with Crippen LogP contribution < -0.4 is 9.57 Å². The molecule has 0 aliphatic heterocycles. The van der Waals surface area contributed by atoms with Gasteiger partial charge >= 0.3 is 5.97 Å². The lowest BCUT2D eigenvalue weighted by molar-refractivity contribution is 0.0730. The third-order valence-corrected chi connectivity index (χ3v) is 5.14. The van der Waals surface area contributed by atoms with E-state index in [1.54, 1.807) is 24.3 Å². The van der Waals surface area contributed by atoms with Crippen molar-refractivity contribution in [1.29, 1.82) is 0 Å². The summed E-state index contributed by atoms with van der Waals surface area (Å²) in [7, 11) is -3.76. The molecule has 0 radical (unpaired) electrons. The van der Waals surface area contributed by atoms with E-state index in [0.29, 0.717) is 5.56 Å². The van der Waals surface area contributed by atoms with Gasteiger partial charge in [0.2, 0.25) is 0 Å². The van der Waals surface area contributed by atoms with Crippen LogP contribution in [0.25, 0.3) is 0 Å². The maximum absolute atomic E-state index is 13.6. The number of aryl methyl sites for hydroxylation is 1. The summed E-state index contributed by atoms with van der Waals surface area (Å²) >= 11 is 0. The Kier molecular flexibility index (Phi) is 6.04. The van der Waals surface area contributed by atoms with Gasteiger partial charge in [0.15, 0.2) is 0 Å². The maximum atomic E-state index is 13.6. The van der Waals surface area contributed by atoms with E-state index >= 15 is 0 Å². The molecule has 148 valence electrons. The largest absolute Gasteiger partial charge is 0.423 e. The number of carbonyl (C=O) groups excluding carboxylic acids is 1. The van der Waals surface area contributed by atoms with Gasteiger partial charge in [-0.25, -0.2) is 14.0 Å². The molecule has 0 aliphatic carbocycles. The van der Waals surface area contributed by atoms with Crippen molar-refractivity contribution < 1.29 is 22.3 Å². The highest BCUT2D eigenvalue weighted by atomic mass is 32.2. The predicted molar refractivity (Wildman–Crippen MR) is 107 cm³/mol. The number of nitrogens with zero attached hydrogens (tertiary/aromatic N) is 1. The summed E-state index contributed by atoms with van der Waals surface area (Å²) in [6.45, 7) is 1.86. The van der Waals surface area contributed by atoms with Gasteiger partial charge in [0.25, 0.3) is 10.0 Å². The number of esters is 1. The minimum atomic E-state index is -3.76. The molecule has 8 heteroatoms. The lowest BCUT2D eigenvalue weighted by Crippen LogP contribution is -2.18. The Balaban J connectivity index is 1.62. The third kappa shape index (κ3) is 5.26. The summed E-state index contributed by atoms with van der Waals surface area (Å²) < 4.78 is 43.1. The number of benzene rings is 3. The van der Waals surface area contributed by atoms with Crippen LogP contribution in [0.1, 0.15) is 21.5 Å². The first-order valence-corrected chi connectivity index (χ1v) is 10.0. The fourth-order valence-corrected chi connectivity index (χ4v) is 3.14. The molecule has 0 aromatic heterocycles. The molecule has 1 N–H and O–H groups in total. The Bertz CT molecular complexity index is 1140. The van der Waals surface area contributed by atoms with Crippen LogP contribution in [0.15, 0.2) is 82.8 Å². The van der Waals surface area contributed by atoms with Crippen LogP contribution in [0.3, 0.4) is 0 Å². The van der Waals surface area contributed by atoms with Crippen molar-refractivity contribution in [2.24, 2.45) is 5.10 Å². The number of halogens is 1. The number of hydrogen-bond donors (Lipinski definition) is 1. The van der Waals surface area contributed by atoms with E-state index in [1.165, 1.54) is 54.7 Å². The first-order valence-electron chi connectivity index (χ1n) is 8.53. The summed E-state index contributed by atoms with van der Waals surface area (Å²) in [6, 6.07) is 18.0. The molecule has 0 aliphatic rings. The molecule has 0 spiro atoms. The Morgan fingerprint density at radius 3 is 2.31 bits per heavy atom. The number of ether oxygens (including phenoxy) is 1. The molecule has 3 rings (SSSR count). The van der Waals surface area contributed by atoms with Crippen LogP contribution >= 0.6 is 0 Å². The van der Waals surface area contributed by atoms with E-state index < -0.39 is 21.8 Å². The van der Waals surface area contributed by atoms with Crippen LogP contribution in [0.2, 0.25) is 0 Å². The predicted octanol–water partition coefficient (Wildman–Crippen LogP) is 3.67. The molecule has 0 heterocycles. The number of carbonyl (C=O) groups is 1. The normalized spacial score (nSPS) is 11.4. The van der Waals surface area contributed by atoms with Crippen molar-refractivity contribution in [3.8, 4) is 5.75 Å². The molecule has 3 aromatic carbocycles. The summed E-state index contributed by atoms with van der Waals surface area (Å²) in [5, 5.41) is 3.74. The van der Waals surface area contributed by atoms with Gasteiger partial charge in [-0.15, -0.1) is 0 Å². The molecule has 0 saturated heterocycles. The van der Waals surface area contributed by atoms with E-state index in [9.17, 15) is 17.6 Å². The summed E-state index contributed by atoms with van der Waals surface area (Å²) in [6.07, 6.45) is 1.31.